The number of para-hydroxylation sites is 1. The van der Waals surface area contributed by atoms with Crippen molar-refractivity contribution in [3.8, 4) is 11.5 Å². The summed E-state index contributed by atoms with van der Waals surface area (Å²) in [4.78, 5) is 24.6. The molecule has 0 N–H and O–H groups in total. The Morgan fingerprint density at radius 3 is 2.66 bits per heavy atom. The summed E-state index contributed by atoms with van der Waals surface area (Å²) in [5.74, 6) is 1.25. The second-order valence-electron chi connectivity index (χ2n) is 8.48. The van der Waals surface area contributed by atoms with Crippen LogP contribution in [0.4, 0.5) is 5.13 Å². The van der Waals surface area contributed by atoms with E-state index >= 15 is 0 Å². The molecule has 7 heteroatoms. The number of imidazole rings is 1. The summed E-state index contributed by atoms with van der Waals surface area (Å²) in [6.07, 6.45) is 6.26. The van der Waals surface area contributed by atoms with Gasteiger partial charge in [0.15, 0.2) is 5.13 Å². The third kappa shape index (κ3) is 5.25. The van der Waals surface area contributed by atoms with Crippen molar-refractivity contribution in [1.82, 2.24) is 14.5 Å². The zero-order valence-electron chi connectivity index (χ0n) is 19.7. The molecule has 0 bridgehead atoms. The lowest BCUT2D eigenvalue weighted by molar-refractivity contribution is 0.0986. The van der Waals surface area contributed by atoms with Gasteiger partial charge in [-0.15, -0.1) is 0 Å². The van der Waals surface area contributed by atoms with E-state index in [-0.39, 0.29) is 5.91 Å². The molecule has 5 aromatic rings. The van der Waals surface area contributed by atoms with Gasteiger partial charge in [-0.25, -0.2) is 9.97 Å². The van der Waals surface area contributed by atoms with Gasteiger partial charge in [-0.05, 0) is 67.8 Å². The van der Waals surface area contributed by atoms with Crippen LogP contribution in [0, 0.1) is 13.8 Å². The molecule has 0 fully saturated rings. The highest BCUT2D eigenvalue weighted by molar-refractivity contribution is 7.22. The van der Waals surface area contributed by atoms with Crippen molar-refractivity contribution in [2.75, 3.05) is 11.4 Å². The first kappa shape index (κ1) is 22.8. The highest BCUT2D eigenvalue weighted by Crippen LogP contribution is 2.33. The largest absolute Gasteiger partial charge is 0.457 e. The van der Waals surface area contributed by atoms with Crippen molar-refractivity contribution in [3.05, 3.63) is 102 Å². The number of rotatable bonds is 8. The first-order valence-corrected chi connectivity index (χ1v) is 12.4. The maximum Gasteiger partial charge on any atom is 0.260 e. The number of thiazole rings is 1. The molecule has 0 radical (unpaired) electrons. The number of benzene rings is 3. The summed E-state index contributed by atoms with van der Waals surface area (Å²) in [5, 5.41) is 0.707. The number of hydrogen-bond donors (Lipinski definition) is 0. The number of amides is 1. The van der Waals surface area contributed by atoms with Gasteiger partial charge in [0.1, 0.15) is 11.5 Å². The van der Waals surface area contributed by atoms with E-state index in [0.717, 1.165) is 34.5 Å². The lowest BCUT2D eigenvalue weighted by Gasteiger charge is -2.20. The zero-order chi connectivity index (χ0) is 24.2. The van der Waals surface area contributed by atoms with E-state index in [1.807, 2.05) is 59.3 Å². The Morgan fingerprint density at radius 2 is 1.86 bits per heavy atom. The summed E-state index contributed by atoms with van der Waals surface area (Å²) in [7, 11) is 0. The Kier molecular flexibility index (Phi) is 6.59. The number of anilines is 1. The van der Waals surface area contributed by atoms with Gasteiger partial charge in [-0.2, -0.15) is 0 Å². The summed E-state index contributed by atoms with van der Waals surface area (Å²) >= 11 is 1.56. The van der Waals surface area contributed by atoms with Crippen LogP contribution in [0.2, 0.25) is 0 Å². The van der Waals surface area contributed by atoms with Crippen LogP contribution in [0.1, 0.15) is 27.9 Å². The molecule has 0 aliphatic heterocycles. The van der Waals surface area contributed by atoms with Gasteiger partial charge in [0.25, 0.3) is 5.91 Å². The summed E-state index contributed by atoms with van der Waals surface area (Å²) in [6, 6.07) is 21.1. The molecule has 5 rings (SSSR count). The van der Waals surface area contributed by atoms with Gasteiger partial charge in [0, 0.05) is 31.0 Å². The highest BCUT2D eigenvalue weighted by Gasteiger charge is 2.22. The molecule has 35 heavy (non-hydrogen) atoms. The number of ether oxygens (including phenoxy) is 1. The molecule has 3 aromatic carbocycles. The van der Waals surface area contributed by atoms with Crippen LogP contribution in [-0.4, -0.2) is 27.0 Å². The summed E-state index contributed by atoms with van der Waals surface area (Å²) in [6.45, 7) is 5.45. The molecule has 0 unspecified atom stereocenters. The van der Waals surface area contributed by atoms with Gasteiger partial charge in [-0.1, -0.05) is 41.7 Å². The fraction of sp³-hybridized carbons (Fsp3) is 0.179. The van der Waals surface area contributed by atoms with Gasteiger partial charge < -0.3 is 9.30 Å². The molecule has 0 saturated heterocycles. The molecule has 0 aliphatic carbocycles. The molecular weight excluding hydrogens is 456 g/mol. The monoisotopic (exact) mass is 482 g/mol. The van der Waals surface area contributed by atoms with E-state index in [2.05, 4.69) is 31.0 Å². The van der Waals surface area contributed by atoms with Crippen molar-refractivity contribution in [3.63, 3.8) is 0 Å². The van der Waals surface area contributed by atoms with Crippen LogP contribution < -0.4 is 9.64 Å². The van der Waals surface area contributed by atoms with Crippen LogP contribution in [0.5, 0.6) is 11.5 Å². The number of fused-ring (bicyclic) bond motifs is 1. The number of carbonyl (C=O) groups is 1. The molecule has 0 spiro atoms. The van der Waals surface area contributed by atoms with Gasteiger partial charge in [0.05, 0.1) is 16.5 Å². The van der Waals surface area contributed by atoms with Gasteiger partial charge >= 0.3 is 0 Å². The summed E-state index contributed by atoms with van der Waals surface area (Å²) < 4.78 is 9.07. The predicted octanol–water partition coefficient (Wildman–Crippen LogP) is 6.64. The van der Waals surface area contributed by atoms with E-state index < -0.39 is 0 Å². The van der Waals surface area contributed by atoms with Crippen molar-refractivity contribution in [2.24, 2.45) is 0 Å². The predicted molar refractivity (Wildman–Crippen MR) is 141 cm³/mol. The van der Waals surface area contributed by atoms with E-state index in [4.69, 9.17) is 9.72 Å². The minimum absolute atomic E-state index is 0.0948. The van der Waals surface area contributed by atoms with Crippen LogP contribution in [0.3, 0.4) is 0 Å². The molecule has 176 valence electrons. The number of hydrogen-bond acceptors (Lipinski definition) is 5. The molecule has 1 amide bonds. The number of aromatic nitrogens is 3. The Hall–Kier alpha value is -3.97. The Labute approximate surface area is 208 Å². The van der Waals surface area contributed by atoms with E-state index in [0.29, 0.717) is 23.0 Å². The average molecular weight is 483 g/mol. The quantitative estimate of drug-likeness (QED) is 0.249. The Bertz CT molecular complexity index is 1440. The Morgan fingerprint density at radius 1 is 1.03 bits per heavy atom. The summed E-state index contributed by atoms with van der Waals surface area (Å²) in [5.41, 5.74) is 3.82. The normalized spacial score (nSPS) is 11.0. The second kappa shape index (κ2) is 10.1. The number of aryl methyl sites for hydroxylation is 3. The molecule has 6 nitrogen and oxygen atoms in total. The minimum atomic E-state index is -0.0948. The molecule has 0 atom stereocenters. The molecule has 0 aliphatic rings. The number of nitrogens with zero attached hydrogens (tertiary/aromatic N) is 4. The third-order valence-corrected chi connectivity index (χ3v) is 6.74. The van der Waals surface area contributed by atoms with Crippen LogP contribution in [0.25, 0.3) is 10.2 Å². The average Bonchev–Trinajstić information content (AvgIpc) is 3.52. The fourth-order valence-electron chi connectivity index (χ4n) is 4.06. The lowest BCUT2D eigenvalue weighted by atomic mass is 10.1. The maximum absolute atomic E-state index is 13.8. The standard InChI is InChI=1S/C28H26N4O2S/c1-20-16-21(2)26-25(17-20)35-28(30-26)32(14-7-13-31-15-12-29-19-31)27(33)22-8-6-11-24(18-22)34-23-9-4-3-5-10-23/h3-6,8-12,15-19H,7,13-14H2,1-2H3. The van der Waals surface area contributed by atoms with Crippen LogP contribution in [0.15, 0.2) is 85.5 Å². The molecule has 0 saturated carbocycles. The molecule has 2 aromatic heterocycles. The van der Waals surface area contributed by atoms with Crippen molar-refractivity contribution in [1.29, 1.82) is 0 Å². The topological polar surface area (TPSA) is 60.2 Å². The third-order valence-electron chi connectivity index (χ3n) is 5.71. The SMILES string of the molecule is Cc1cc(C)c2nc(N(CCCn3ccnc3)C(=O)c3cccc(Oc4ccccc4)c3)sc2c1. The highest BCUT2D eigenvalue weighted by atomic mass is 32.1. The number of carbonyl (C=O) groups excluding carboxylic acids is 1. The van der Waals surface area contributed by atoms with Crippen molar-refractivity contribution >= 4 is 32.6 Å². The zero-order valence-corrected chi connectivity index (χ0v) is 20.5. The second-order valence-corrected chi connectivity index (χ2v) is 9.49. The fourth-order valence-corrected chi connectivity index (χ4v) is 5.23. The van der Waals surface area contributed by atoms with Crippen molar-refractivity contribution < 1.29 is 9.53 Å². The first-order valence-electron chi connectivity index (χ1n) is 11.6. The van der Waals surface area contributed by atoms with E-state index in [9.17, 15) is 4.79 Å². The maximum atomic E-state index is 13.8. The van der Waals surface area contributed by atoms with Crippen molar-refractivity contribution in [2.45, 2.75) is 26.8 Å². The lowest BCUT2D eigenvalue weighted by Crippen LogP contribution is -2.32. The minimum Gasteiger partial charge on any atom is -0.457 e. The van der Waals surface area contributed by atoms with E-state index in [1.54, 1.807) is 34.8 Å². The van der Waals surface area contributed by atoms with Crippen LogP contribution >= 0.6 is 11.3 Å². The smallest absolute Gasteiger partial charge is 0.260 e. The molecule has 2 heterocycles. The first-order chi connectivity index (χ1) is 17.1. The van der Waals surface area contributed by atoms with E-state index in [1.165, 1.54) is 5.56 Å². The molecular formula is C28H26N4O2S. The van der Waals surface area contributed by atoms with Gasteiger partial charge in [0.2, 0.25) is 0 Å². The Balaban J connectivity index is 1.44. The van der Waals surface area contributed by atoms with Crippen LogP contribution in [-0.2, 0) is 6.54 Å². The van der Waals surface area contributed by atoms with Gasteiger partial charge in [-0.3, -0.25) is 9.69 Å².